The van der Waals surface area contributed by atoms with Crippen molar-refractivity contribution >= 4 is 25.6 Å². The van der Waals surface area contributed by atoms with Gasteiger partial charge in [0.15, 0.2) is 0 Å². The van der Waals surface area contributed by atoms with Gasteiger partial charge in [-0.1, -0.05) is 18.2 Å². The zero-order chi connectivity index (χ0) is 15.5. The molecular formula is C12H17N5O3P+. The number of benzene rings is 1. The van der Waals surface area contributed by atoms with Crippen molar-refractivity contribution in [1.29, 1.82) is 0 Å². The fourth-order valence-electron chi connectivity index (χ4n) is 2.04. The first-order valence-corrected chi connectivity index (χ1v) is 7.65. The van der Waals surface area contributed by atoms with Gasteiger partial charge in [0, 0.05) is 18.7 Å². The Bertz CT molecular complexity index is 567. The number of nitrogens with two attached hydrogens (primary N) is 2. The third-order valence-corrected chi connectivity index (χ3v) is 4.73. The molecule has 3 amide bonds. The van der Waals surface area contributed by atoms with Crippen LogP contribution in [0.3, 0.4) is 0 Å². The molecule has 1 aromatic rings. The molecule has 0 saturated carbocycles. The van der Waals surface area contributed by atoms with E-state index >= 15 is 0 Å². The Kier molecular flexibility index (Phi) is 4.52. The number of carbonyl (C=O) groups excluding carboxylic acids is 2. The van der Waals surface area contributed by atoms with E-state index in [9.17, 15) is 14.2 Å². The Hall–Kier alpha value is -2.02. The summed E-state index contributed by atoms with van der Waals surface area (Å²) >= 11 is 0. The molecule has 1 saturated heterocycles. The van der Waals surface area contributed by atoms with E-state index in [1.165, 1.54) is 0 Å². The third-order valence-electron chi connectivity index (χ3n) is 3.19. The maximum absolute atomic E-state index is 12.2. The molecule has 1 heterocycles. The molecule has 112 valence electrons. The molecular weight excluding hydrogens is 293 g/mol. The summed E-state index contributed by atoms with van der Waals surface area (Å²) in [6.45, 7) is 0.358. The van der Waals surface area contributed by atoms with Gasteiger partial charge in [-0.25, -0.2) is 10.6 Å². The van der Waals surface area contributed by atoms with Crippen LogP contribution in [0.1, 0.15) is 12.8 Å². The number of carbonyl (C=O) groups is 2. The summed E-state index contributed by atoms with van der Waals surface area (Å²) in [5.74, 6) is 4.86. The third kappa shape index (κ3) is 3.36. The lowest BCUT2D eigenvalue weighted by molar-refractivity contribution is -0.136. The lowest BCUT2D eigenvalue weighted by Gasteiger charge is -2.28. The van der Waals surface area contributed by atoms with Crippen molar-refractivity contribution in [2.75, 3.05) is 11.9 Å². The molecule has 6 N–H and O–H groups in total. The minimum absolute atomic E-state index is 0.209. The molecule has 1 aliphatic rings. The number of urea groups is 1. The normalized spacial score (nSPS) is 22.7. The van der Waals surface area contributed by atoms with Gasteiger partial charge in [-0.05, 0) is 23.1 Å². The van der Waals surface area contributed by atoms with Crippen LogP contribution in [-0.2, 0) is 9.36 Å². The second-order valence-corrected chi connectivity index (χ2v) is 6.36. The molecule has 21 heavy (non-hydrogen) atoms. The van der Waals surface area contributed by atoms with Gasteiger partial charge in [0.05, 0.1) is 0 Å². The van der Waals surface area contributed by atoms with E-state index in [-0.39, 0.29) is 6.42 Å². The topological polar surface area (TPSA) is 131 Å². The van der Waals surface area contributed by atoms with E-state index in [4.69, 9.17) is 11.6 Å². The second-order valence-electron chi connectivity index (χ2n) is 4.75. The van der Waals surface area contributed by atoms with Crippen LogP contribution >= 0.6 is 7.95 Å². The second kappa shape index (κ2) is 6.17. The van der Waals surface area contributed by atoms with E-state index < -0.39 is 25.2 Å². The molecule has 8 nitrogen and oxygen atoms in total. The zero-order valence-corrected chi connectivity index (χ0v) is 12.2. The quantitative estimate of drug-likeness (QED) is 0.371. The number of hydrogen-bond donors (Lipinski definition) is 4. The summed E-state index contributed by atoms with van der Waals surface area (Å²) in [7, 11) is -2.49. The van der Waals surface area contributed by atoms with Gasteiger partial charge < -0.3 is 5.32 Å². The first-order valence-electron chi connectivity index (χ1n) is 6.39. The van der Waals surface area contributed by atoms with E-state index in [1.54, 1.807) is 30.3 Å². The molecule has 1 aliphatic heterocycles. The van der Waals surface area contributed by atoms with Crippen LogP contribution in [-0.4, -0.2) is 28.8 Å². The fourth-order valence-corrected chi connectivity index (χ4v) is 3.14. The molecule has 0 bridgehead atoms. The van der Waals surface area contributed by atoms with Crippen LogP contribution in [0.15, 0.2) is 30.3 Å². The average Bonchev–Trinajstić information content (AvgIpc) is 2.45. The Labute approximate surface area is 122 Å². The van der Waals surface area contributed by atoms with E-state index in [2.05, 4.69) is 10.4 Å². The van der Waals surface area contributed by atoms with Crippen molar-refractivity contribution in [3.8, 4) is 0 Å². The van der Waals surface area contributed by atoms with Gasteiger partial charge in [-0.2, -0.15) is 0 Å². The molecule has 0 aromatic heterocycles. The van der Waals surface area contributed by atoms with Crippen molar-refractivity contribution in [2.24, 2.45) is 11.6 Å². The first-order chi connectivity index (χ1) is 9.93. The SMILES string of the molecule is NN1CCC[C@](N)([P+](=O)NC(=O)Nc2ccccc2)C1=O. The van der Waals surface area contributed by atoms with Gasteiger partial charge in [-0.3, -0.25) is 15.5 Å². The Morgan fingerprint density at radius 2 is 2.00 bits per heavy atom. The largest absolute Gasteiger partial charge is 0.496 e. The van der Waals surface area contributed by atoms with Gasteiger partial charge in [-0.15, -0.1) is 5.09 Å². The van der Waals surface area contributed by atoms with Crippen LogP contribution in [0.2, 0.25) is 0 Å². The number of nitrogens with zero attached hydrogens (tertiary/aromatic N) is 1. The molecule has 2 atom stereocenters. The van der Waals surface area contributed by atoms with Crippen molar-refractivity contribution < 1.29 is 14.2 Å². The van der Waals surface area contributed by atoms with Gasteiger partial charge in [0.1, 0.15) is 0 Å². The number of nitrogens with one attached hydrogen (secondary N) is 2. The molecule has 0 spiro atoms. The number of hydrazine groups is 1. The minimum atomic E-state index is -2.49. The molecule has 0 radical (unpaired) electrons. The molecule has 1 aromatic carbocycles. The lowest BCUT2D eigenvalue weighted by Crippen LogP contribution is -2.60. The molecule has 2 rings (SSSR count). The van der Waals surface area contributed by atoms with E-state index in [1.807, 2.05) is 0 Å². The Morgan fingerprint density at radius 1 is 1.33 bits per heavy atom. The number of para-hydroxylation sites is 1. The molecule has 0 aliphatic carbocycles. The summed E-state index contributed by atoms with van der Waals surface area (Å²) in [6, 6.07) is 7.97. The summed E-state index contributed by atoms with van der Waals surface area (Å²) in [4.78, 5) is 23.7. The zero-order valence-electron chi connectivity index (χ0n) is 11.3. The van der Waals surface area contributed by atoms with Gasteiger partial charge in [0.25, 0.3) is 0 Å². The summed E-state index contributed by atoms with van der Waals surface area (Å²) in [5.41, 5.74) is 6.42. The van der Waals surface area contributed by atoms with Crippen molar-refractivity contribution in [2.45, 2.75) is 18.1 Å². The van der Waals surface area contributed by atoms with Crippen molar-refractivity contribution in [3.05, 3.63) is 30.3 Å². The average molecular weight is 310 g/mol. The van der Waals surface area contributed by atoms with Gasteiger partial charge in [0.2, 0.25) is 0 Å². The lowest BCUT2D eigenvalue weighted by atomic mass is 10.1. The number of hydrogen-bond acceptors (Lipinski definition) is 5. The highest BCUT2D eigenvalue weighted by atomic mass is 31.1. The fraction of sp³-hybridized carbons (Fsp3) is 0.333. The molecule has 9 heteroatoms. The summed E-state index contributed by atoms with van der Waals surface area (Å²) in [6.07, 6.45) is 0.738. The minimum Gasteiger partial charge on any atom is -0.305 e. The number of piperidine rings is 1. The smallest absolute Gasteiger partial charge is 0.305 e. The maximum Gasteiger partial charge on any atom is 0.496 e. The van der Waals surface area contributed by atoms with E-state index in [0.717, 1.165) is 5.01 Å². The van der Waals surface area contributed by atoms with E-state index in [0.29, 0.717) is 18.7 Å². The van der Waals surface area contributed by atoms with Crippen LogP contribution in [0.4, 0.5) is 10.5 Å². The summed E-state index contributed by atoms with van der Waals surface area (Å²) in [5, 5.41) is 4.01. The highest BCUT2D eigenvalue weighted by Gasteiger charge is 2.57. The van der Waals surface area contributed by atoms with Gasteiger partial charge >= 0.3 is 25.2 Å². The van der Waals surface area contributed by atoms with Crippen molar-refractivity contribution in [1.82, 2.24) is 10.1 Å². The van der Waals surface area contributed by atoms with Crippen molar-refractivity contribution in [3.63, 3.8) is 0 Å². The highest BCUT2D eigenvalue weighted by molar-refractivity contribution is 7.46. The van der Waals surface area contributed by atoms with Crippen LogP contribution in [0, 0.1) is 0 Å². The first kappa shape index (κ1) is 15.4. The molecule has 1 unspecified atom stereocenters. The monoisotopic (exact) mass is 310 g/mol. The molecule has 1 fully saturated rings. The van der Waals surface area contributed by atoms with Crippen LogP contribution in [0.25, 0.3) is 0 Å². The predicted molar refractivity (Wildman–Crippen MR) is 78.3 cm³/mol. The van der Waals surface area contributed by atoms with Crippen LogP contribution in [0.5, 0.6) is 0 Å². The predicted octanol–water partition coefficient (Wildman–Crippen LogP) is 0.702. The number of rotatable bonds is 3. The summed E-state index contributed by atoms with van der Waals surface area (Å²) < 4.78 is 12.2. The highest BCUT2D eigenvalue weighted by Crippen LogP contribution is 2.38. The maximum atomic E-state index is 12.2. The van der Waals surface area contributed by atoms with Crippen LogP contribution < -0.4 is 22.0 Å². The number of anilines is 1. The Balaban J connectivity index is 2.00. The standard InChI is InChI=1S/C12H16N5O3P/c13-12(7-4-8-17(14)10(12)18)21(20)16-11(19)15-9-5-2-1-3-6-9/h1-3,5-6H,4,7-8,13-14H2,(H-,15,16,19,20)/p+1/t12-/m0/s1. The number of amides is 3. The Morgan fingerprint density at radius 3 is 2.67 bits per heavy atom.